The third-order valence-electron chi connectivity index (χ3n) is 4.72. The molecule has 1 fully saturated rings. The van der Waals surface area contributed by atoms with Crippen LogP contribution in [0.25, 0.3) is 0 Å². The lowest BCUT2D eigenvalue weighted by atomic mass is 9.74. The van der Waals surface area contributed by atoms with Gasteiger partial charge in [0.05, 0.1) is 0 Å². The minimum atomic E-state index is 0.386. The number of rotatable bonds is 5. The summed E-state index contributed by atoms with van der Waals surface area (Å²) in [6, 6.07) is 4.52. The molecule has 106 valence electrons. The van der Waals surface area contributed by atoms with Crippen molar-refractivity contribution in [2.75, 3.05) is 0 Å². The fraction of sp³-hybridized carbons (Fsp3) is 0.688. The molecule has 0 spiro atoms. The van der Waals surface area contributed by atoms with Gasteiger partial charge in [-0.1, -0.05) is 19.9 Å². The maximum Gasteiger partial charge on any atom is 0.0300 e. The second-order valence-electron chi connectivity index (χ2n) is 6.26. The average molecular weight is 261 g/mol. The fourth-order valence-electron chi connectivity index (χ4n) is 3.35. The average Bonchev–Trinajstić information content (AvgIpc) is 2.46. The summed E-state index contributed by atoms with van der Waals surface area (Å²) in [4.78, 5) is 4.18. The van der Waals surface area contributed by atoms with Gasteiger partial charge in [0.2, 0.25) is 0 Å². The first kappa shape index (κ1) is 14.5. The van der Waals surface area contributed by atoms with E-state index in [-0.39, 0.29) is 0 Å². The van der Waals surface area contributed by atoms with Gasteiger partial charge < -0.3 is 0 Å². The number of nitrogens with zero attached hydrogens (tertiary/aromatic N) is 1. The van der Waals surface area contributed by atoms with Gasteiger partial charge in [0.15, 0.2) is 0 Å². The Labute approximate surface area is 117 Å². The third-order valence-corrected chi connectivity index (χ3v) is 4.72. The minimum absolute atomic E-state index is 0.386. The van der Waals surface area contributed by atoms with Gasteiger partial charge in [0, 0.05) is 18.4 Å². The van der Waals surface area contributed by atoms with Crippen molar-refractivity contribution in [1.82, 2.24) is 10.4 Å². The molecule has 0 amide bonds. The number of nitrogens with one attached hydrogen (secondary N) is 1. The highest BCUT2D eigenvalue weighted by Gasteiger charge is 2.28. The van der Waals surface area contributed by atoms with Gasteiger partial charge in [0.1, 0.15) is 0 Å². The van der Waals surface area contributed by atoms with E-state index in [4.69, 9.17) is 5.84 Å². The van der Waals surface area contributed by atoms with Crippen molar-refractivity contribution in [1.29, 1.82) is 0 Å². The first-order valence-electron chi connectivity index (χ1n) is 7.55. The van der Waals surface area contributed by atoms with Crippen LogP contribution in [0.3, 0.4) is 0 Å². The van der Waals surface area contributed by atoms with Gasteiger partial charge >= 0.3 is 0 Å². The molecule has 1 unspecified atom stereocenters. The molecule has 3 N–H and O–H groups in total. The van der Waals surface area contributed by atoms with Crippen LogP contribution >= 0.6 is 0 Å². The SMILES string of the molecule is CC(C)C1CCC(C(Cc2cccnc2)NN)CC1. The van der Waals surface area contributed by atoms with Gasteiger partial charge in [-0.2, -0.15) is 0 Å². The van der Waals surface area contributed by atoms with E-state index in [1.54, 1.807) is 0 Å². The fourth-order valence-corrected chi connectivity index (χ4v) is 3.35. The van der Waals surface area contributed by atoms with Crippen molar-refractivity contribution in [2.24, 2.45) is 23.6 Å². The van der Waals surface area contributed by atoms with Gasteiger partial charge in [-0.05, 0) is 61.5 Å². The van der Waals surface area contributed by atoms with E-state index in [2.05, 4.69) is 30.3 Å². The second-order valence-corrected chi connectivity index (χ2v) is 6.26. The highest BCUT2D eigenvalue weighted by Crippen LogP contribution is 2.35. The molecule has 1 atom stereocenters. The Balaban J connectivity index is 1.89. The zero-order valence-electron chi connectivity index (χ0n) is 12.2. The number of hydrogen-bond donors (Lipinski definition) is 2. The van der Waals surface area contributed by atoms with Crippen molar-refractivity contribution in [2.45, 2.75) is 52.0 Å². The zero-order valence-corrected chi connectivity index (χ0v) is 12.2. The molecular weight excluding hydrogens is 234 g/mol. The Morgan fingerprint density at radius 1 is 1.26 bits per heavy atom. The molecule has 1 aromatic heterocycles. The van der Waals surface area contributed by atoms with Crippen LogP contribution in [0.2, 0.25) is 0 Å². The molecule has 0 bridgehead atoms. The Bertz CT molecular complexity index is 356. The van der Waals surface area contributed by atoms with Gasteiger partial charge in [-0.3, -0.25) is 16.3 Å². The molecule has 3 nitrogen and oxygen atoms in total. The van der Waals surface area contributed by atoms with Gasteiger partial charge in [-0.25, -0.2) is 0 Å². The smallest absolute Gasteiger partial charge is 0.0300 e. The molecule has 1 aromatic rings. The van der Waals surface area contributed by atoms with Crippen LogP contribution in [-0.4, -0.2) is 11.0 Å². The first-order chi connectivity index (χ1) is 9.20. The molecule has 1 heterocycles. The largest absolute Gasteiger partial charge is 0.271 e. The first-order valence-corrected chi connectivity index (χ1v) is 7.55. The monoisotopic (exact) mass is 261 g/mol. The summed E-state index contributed by atoms with van der Waals surface area (Å²) >= 11 is 0. The van der Waals surface area contributed by atoms with Crippen LogP contribution in [0.1, 0.15) is 45.1 Å². The van der Waals surface area contributed by atoms with Crippen LogP contribution in [0.4, 0.5) is 0 Å². The van der Waals surface area contributed by atoms with Crippen molar-refractivity contribution in [3.63, 3.8) is 0 Å². The maximum absolute atomic E-state index is 5.78. The summed E-state index contributed by atoms with van der Waals surface area (Å²) in [5.74, 6) is 8.22. The van der Waals surface area contributed by atoms with Crippen LogP contribution in [-0.2, 0) is 6.42 Å². The minimum Gasteiger partial charge on any atom is -0.271 e. The van der Waals surface area contributed by atoms with Gasteiger partial charge in [-0.15, -0.1) is 0 Å². The van der Waals surface area contributed by atoms with E-state index in [9.17, 15) is 0 Å². The summed E-state index contributed by atoms with van der Waals surface area (Å²) < 4.78 is 0. The Morgan fingerprint density at radius 3 is 2.47 bits per heavy atom. The van der Waals surface area contributed by atoms with Crippen molar-refractivity contribution < 1.29 is 0 Å². The Kier molecular flexibility index (Phi) is 5.34. The van der Waals surface area contributed by atoms with Crippen molar-refractivity contribution in [3.05, 3.63) is 30.1 Å². The lowest BCUT2D eigenvalue weighted by Crippen LogP contribution is -2.44. The molecular formula is C16H27N3. The number of nitrogens with two attached hydrogens (primary N) is 1. The summed E-state index contributed by atoms with van der Waals surface area (Å²) in [6.45, 7) is 4.69. The molecule has 0 saturated heterocycles. The molecule has 3 heteroatoms. The zero-order chi connectivity index (χ0) is 13.7. The molecule has 1 saturated carbocycles. The topological polar surface area (TPSA) is 50.9 Å². The van der Waals surface area contributed by atoms with Crippen molar-refractivity contribution in [3.8, 4) is 0 Å². The molecule has 1 aliphatic rings. The quantitative estimate of drug-likeness (QED) is 0.633. The highest BCUT2D eigenvalue weighted by atomic mass is 15.2. The summed E-state index contributed by atoms with van der Waals surface area (Å²) in [6.07, 6.45) is 10.1. The predicted molar refractivity (Wildman–Crippen MR) is 79.3 cm³/mol. The Hall–Kier alpha value is -0.930. The standard InChI is InChI=1S/C16H27N3/c1-12(2)14-5-7-15(8-6-14)16(19-17)10-13-4-3-9-18-11-13/h3-4,9,11-12,14-16,19H,5-8,10,17H2,1-2H3. The van der Waals surface area contributed by atoms with Crippen LogP contribution in [0.5, 0.6) is 0 Å². The highest BCUT2D eigenvalue weighted by molar-refractivity contribution is 5.10. The van der Waals surface area contributed by atoms with Crippen molar-refractivity contribution >= 4 is 0 Å². The summed E-state index contributed by atoms with van der Waals surface area (Å²) in [7, 11) is 0. The number of aromatic nitrogens is 1. The number of pyridine rings is 1. The lowest BCUT2D eigenvalue weighted by molar-refractivity contribution is 0.188. The van der Waals surface area contributed by atoms with E-state index >= 15 is 0 Å². The molecule has 0 aromatic carbocycles. The summed E-state index contributed by atoms with van der Waals surface area (Å²) in [5, 5.41) is 0. The third kappa shape index (κ3) is 4.02. The van der Waals surface area contributed by atoms with E-state index in [1.165, 1.54) is 31.2 Å². The van der Waals surface area contributed by atoms with Crippen LogP contribution in [0.15, 0.2) is 24.5 Å². The van der Waals surface area contributed by atoms with Gasteiger partial charge in [0.25, 0.3) is 0 Å². The summed E-state index contributed by atoms with van der Waals surface area (Å²) in [5.41, 5.74) is 4.31. The maximum atomic E-state index is 5.78. The van der Waals surface area contributed by atoms with E-state index in [0.29, 0.717) is 12.0 Å². The van der Waals surface area contributed by atoms with Crippen LogP contribution < -0.4 is 11.3 Å². The molecule has 1 aliphatic carbocycles. The molecule has 0 aliphatic heterocycles. The molecule has 2 rings (SSSR count). The van der Waals surface area contributed by atoms with Crippen LogP contribution in [0, 0.1) is 17.8 Å². The second kappa shape index (κ2) is 7.01. The lowest BCUT2D eigenvalue weighted by Gasteiger charge is -2.35. The van der Waals surface area contributed by atoms with E-state index in [0.717, 1.165) is 18.3 Å². The normalized spacial score (nSPS) is 25.5. The molecule has 19 heavy (non-hydrogen) atoms. The van der Waals surface area contributed by atoms with E-state index < -0.39 is 0 Å². The Morgan fingerprint density at radius 2 is 1.95 bits per heavy atom. The number of hydrazine groups is 1. The predicted octanol–water partition coefficient (Wildman–Crippen LogP) is 2.92. The van der Waals surface area contributed by atoms with E-state index in [1.807, 2.05) is 18.5 Å². The molecule has 0 radical (unpaired) electrons. The number of hydrogen-bond acceptors (Lipinski definition) is 3.